The van der Waals surface area contributed by atoms with Gasteiger partial charge in [-0.1, -0.05) is 12.1 Å². The molecule has 2 atom stereocenters. The topological polar surface area (TPSA) is 67.3 Å². The minimum Gasteiger partial charge on any atom is -0.497 e. The molecule has 2 unspecified atom stereocenters. The Hall–Kier alpha value is -2.63. The van der Waals surface area contributed by atoms with Crippen molar-refractivity contribution >= 4 is 11.9 Å². The molecule has 1 amide bonds. The van der Waals surface area contributed by atoms with Crippen LogP contribution < -0.4 is 15.0 Å². The monoisotopic (exact) mass is 368 g/mol. The Morgan fingerprint density at radius 2 is 2.04 bits per heavy atom. The van der Waals surface area contributed by atoms with Gasteiger partial charge in [0, 0.05) is 31.5 Å². The summed E-state index contributed by atoms with van der Waals surface area (Å²) >= 11 is 0. The van der Waals surface area contributed by atoms with Gasteiger partial charge in [-0.2, -0.15) is 0 Å². The highest BCUT2D eigenvalue weighted by Crippen LogP contribution is 2.20. The highest BCUT2D eigenvalue weighted by Gasteiger charge is 2.27. The van der Waals surface area contributed by atoms with Gasteiger partial charge in [-0.15, -0.1) is 0 Å². The SMILES string of the molecule is COc1ccc(CCC(C)NC(=O)C2CCCN(c3ncccn3)C2)cc1. The van der Waals surface area contributed by atoms with E-state index >= 15 is 0 Å². The predicted octanol–water partition coefficient (Wildman–Crippen LogP) is 2.84. The molecule has 2 heterocycles. The molecule has 1 fully saturated rings. The second kappa shape index (κ2) is 9.35. The third kappa shape index (κ3) is 5.42. The first-order valence-corrected chi connectivity index (χ1v) is 9.61. The van der Waals surface area contributed by atoms with E-state index in [0.717, 1.165) is 38.0 Å². The Morgan fingerprint density at radius 3 is 2.74 bits per heavy atom. The van der Waals surface area contributed by atoms with E-state index in [0.29, 0.717) is 12.5 Å². The van der Waals surface area contributed by atoms with E-state index in [2.05, 4.69) is 39.2 Å². The number of amides is 1. The number of carbonyl (C=O) groups is 1. The van der Waals surface area contributed by atoms with E-state index in [9.17, 15) is 4.79 Å². The van der Waals surface area contributed by atoms with Gasteiger partial charge in [-0.05, 0) is 56.4 Å². The molecule has 1 aromatic carbocycles. The standard InChI is InChI=1S/C21H28N4O2/c1-16(6-7-17-8-10-19(27-2)11-9-17)24-20(26)18-5-3-14-25(15-18)21-22-12-4-13-23-21/h4,8-13,16,18H,3,5-7,14-15H2,1-2H3,(H,24,26). The second-order valence-corrected chi connectivity index (χ2v) is 7.13. The molecular formula is C21H28N4O2. The first-order valence-electron chi connectivity index (χ1n) is 9.61. The van der Waals surface area contributed by atoms with Gasteiger partial charge in [0.15, 0.2) is 0 Å². The molecule has 1 aliphatic heterocycles. The maximum atomic E-state index is 12.7. The largest absolute Gasteiger partial charge is 0.497 e. The van der Waals surface area contributed by atoms with E-state index in [-0.39, 0.29) is 17.9 Å². The minimum absolute atomic E-state index is 0.00834. The second-order valence-electron chi connectivity index (χ2n) is 7.13. The number of ether oxygens (including phenoxy) is 1. The van der Waals surface area contributed by atoms with Crippen LogP contribution in [0.25, 0.3) is 0 Å². The molecule has 0 spiro atoms. The molecule has 0 saturated carbocycles. The summed E-state index contributed by atoms with van der Waals surface area (Å²) in [5, 5.41) is 3.18. The van der Waals surface area contributed by atoms with Crippen molar-refractivity contribution in [1.29, 1.82) is 0 Å². The normalized spacial score (nSPS) is 18.0. The molecule has 0 radical (unpaired) electrons. The molecule has 1 aliphatic rings. The average Bonchev–Trinajstić information content (AvgIpc) is 2.73. The third-order valence-electron chi connectivity index (χ3n) is 5.04. The van der Waals surface area contributed by atoms with Crippen LogP contribution in [0.15, 0.2) is 42.7 Å². The number of aryl methyl sites for hydroxylation is 1. The lowest BCUT2D eigenvalue weighted by Crippen LogP contribution is -2.45. The van der Waals surface area contributed by atoms with Crippen LogP contribution in [0.3, 0.4) is 0 Å². The summed E-state index contributed by atoms with van der Waals surface area (Å²) < 4.78 is 5.19. The van der Waals surface area contributed by atoms with Crippen molar-refractivity contribution in [3.05, 3.63) is 48.3 Å². The number of aromatic nitrogens is 2. The molecule has 0 bridgehead atoms. The van der Waals surface area contributed by atoms with Crippen molar-refractivity contribution in [3.63, 3.8) is 0 Å². The zero-order chi connectivity index (χ0) is 19.1. The van der Waals surface area contributed by atoms with Crippen molar-refractivity contribution in [3.8, 4) is 5.75 Å². The fourth-order valence-electron chi connectivity index (χ4n) is 3.44. The summed E-state index contributed by atoms with van der Waals surface area (Å²) in [6.45, 7) is 3.66. The Kier molecular flexibility index (Phi) is 6.63. The van der Waals surface area contributed by atoms with E-state index < -0.39 is 0 Å². The highest BCUT2D eigenvalue weighted by atomic mass is 16.5. The maximum Gasteiger partial charge on any atom is 0.225 e. The summed E-state index contributed by atoms with van der Waals surface area (Å²) in [6, 6.07) is 10.0. The number of rotatable bonds is 7. The molecule has 0 aliphatic carbocycles. The van der Waals surface area contributed by atoms with Crippen molar-refractivity contribution in [1.82, 2.24) is 15.3 Å². The molecule has 1 N–H and O–H groups in total. The van der Waals surface area contributed by atoms with Gasteiger partial charge in [0.25, 0.3) is 0 Å². The lowest BCUT2D eigenvalue weighted by molar-refractivity contribution is -0.125. The fraction of sp³-hybridized carbons (Fsp3) is 0.476. The Balaban J connectivity index is 1.47. The van der Waals surface area contributed by atoms with Crippen LogP contribution in [0.1, 0.15) is 31.7 Å². The first-order chi connectivity index (χ1) is 13.2. The van der Waals surface area contributed by atoms with Crippen LogP contribution in [0.2, 0.25) is 0 Å². The molecule has 144 valence electrons. The summed E-state index contributed by atoms with van der Waals surface area (Å²) in [7, 11) is 1.67. The van der Waals surface area contributed by atoms with Crippen LogP contribution in [0, 0.1) is 5.92 Å². The first kappa shape index (κ1) is 19.1. The highest BCUT2D eigenvalue weighted by molar-refractivity contribution is 5.79. The summed E-state index contributed by atoms with van der Waals surface area (Å²) in [4.78, 5) is 23.4. The van der Waals surface area contributed by atoms with E-state index in [1.165, 1.54) is 5.56 Å². The van der Waals surface area contributed by atoms with Gasteiger partial charge in [0.2, 0.25) is 11.9 Å². The van der Waals surface area contributed by atoms with E-state index in [4.69, 9.17) is 4.74 Å². The van der Waals surface area contributed by atoms with Crippen LogP contribution in [0.5, 0.6) is 5.75 Å². The van der Waals surface area contributed by atoms with Crippen LogP contribution in [0.4, 0.5) is 5.95 Å². The average molecular weight is 368 g/mol. The summed E-state index contributed by atoms with van der Waals surface area (Å²) in [5.41, 5.74) is 1.25. The number of methoxy groups -OCH3 is 1. The number of anilines is 1. The fourth-order valence-corrected chi connectivity index (χ4v) is 3.44. The molecule has 6 heteroatoms. The van der Waals surface area contributed by atoms with Gasteiger partial charge >= 0.3 is 0 Å². The van der Waals surface area contributed by atoms with Gasteiger partial charge in [0.1, 0.15) is 5.75 Å². The zero-order valence-electron chi connectivity index (χ0n) is 16.1. The van der Waals surface area contributed by atoms with Gasteiger partial charge in [0.05, 0.1) is 13.0 Å². The number of carbonyl (C=O) groups excluding carboxylic acids is 1. The Morgan fingerprint density at radius 1 is 1.30 bits per heavy atom. The summed E-state index contributed by atoms with van der Waals surface area (Å²) in [5.74, 6) is 1.70. The Labute approximate surface area is 161 Å². The van der Waals surface area contributed by atoms with Crippen molar-refractivity contribution in [2.24, 2.45) is 5.92 Å². The molecular weight excluding hydrogens is 340 g/mol. The zero-order valence-corrected chi connectivity index (χ0v) is 16.1. The number of piperidine rings is 1. The van der Waals surface area contributed by atoms with Crippen molar-refractivity contribution < 1.29 is 9.53 Å². The van der Waals surface area contributed by atoms with Crippen LogP contribution >= 0.6 is 0 Å². The molecule has 6 nitrogen and oxygen atoms in total. The number of hydrogen-bond donors (Lipinski definition) is 1. The molecule has 2 aromatic rings. The van der Waals surface area contributed by atoms with Gasteiger partial charge in [-0.3, -0.25) is 4.79 Å². The number of nitrogens with one attached hydrogen (secondary N) is 1. The number of hydrogen-bond acceptors (Lipinski definition) is 5. The number of nitrogens with zero attached hydrogens (tertiary/aromatic N) is 3. The van der Waals surface area contributed by atoms with E-state index in [1.54, 1.807) is 19.5 Å². The molecule has 1 saturated heterocycles. The molecule has 27 heavy (non-hydrogen) atoms. The third-order valence-corrected chi connectivity index (χ3v) is 5.04. The smallest absolute Gasteiger partial charge is 0.225 e. The van der Waals surface area contributed by atoms with Crippen LogP contribution in [-0.4, -0.2) is 42.1 Å². The lowest BCUT2D eigenvalue weighted by atomic mass is 9.96. The number of benzene rings is 1. The predicted molar refractivity (Wildman–Crippen MR) is 106 cm³/mol. The Bertz CT molecular complexity index is 721. The van der Waals surface area contributed by atoms with Gasteiger partial charge in [-0.25, -0.2) is 9.97 Å². The lowest BCUT2D eigenvalue weighted by Gasteiger charge is -2.32. The summed E-state index contributed by atoms with van der Waals surface area (Å²) in [6.07, 6.45) is 7.23. The van der Waals surface area contributed by atoms with Crippen molar-refractivity contribution in [2.75, 3.05) is 25.1 Å². The van der Waals surface area contributed by atoms with Crippen LogP contribution in [-0.2, 0) is 11.2 Å². The molecule has 3 rings (SSSR count). The maximum absolute atomic E-state index is 12.7. The van der Waals surface area contributed by atoms with E-state index in [1.807, 2.05) is 18.2 Å². The quantitative estimate of drug-likeness (QED) is 0.814. The minimum atomic E-state index is -0.00834. The molecule has 1 aromatic heterocycles. The van der Waals surface area contributed by atoms with Crippen molar-refractivity contribution in [2.45, 2.75) is 38.6 Å². The van der Waals surface area contributed by atoms with Gasteiger partial charge < -0.3 is 15.0 Å².